The Kier molecular flexibility index (Phi) is 7.67. The highest BCUT2D eigenvalue weighted by Gasteiger charge is 2.14. The van der Waals surface area contributed by atoms with E-state index in [2.05, 4.69) is 15.7 Å². The molecule has 2 aromatic rings. The second-order valence-electron chi connectivity index (χ2n) is 6.35. The minimum atomic E-state index is -0.859. The Balaban J connectivity index is 1.75. The third-order valence-electron chi connectivity index (χ3n) is 4.05. The van der Waals surface area contributed by atoms with Gasteiger partial charge in [0.2, 0.25) is 0 Å². The van der Waals surface area contributed by atoms with Crippen LogP contribution in [0.1, 0.15) is 30.4 Å². The number of nitrogens with one attached hydrogen (secondary N) is 2. The van der Waals surface area contributed by atoms with E-state index in [4.69, 9.17) is 5.11 Å². The first-order valence-corrected chi connectivity index (χ1v) is 8.80. The Labute approximate surface area is 153 Å². The van der Waals surface area contributed by atoms with E-state index >= 15 is 0 Å². The van der Waals surface area contributed by atoms with Gasteiger partial charge in [-0.05, 0) is 36.8 Å². The molecule has 0 aliphatic carbocycles. The summed E-state index contributed by atoms with van der Waals surface area (Å²) in [5.74, 6) is -0.859. The summed E-state index contributed by atoms with van der Waals surface area (Å²) >= 11 is 0. The van der Waals surface area contributed by atoms with Crippen molar-refractivity contribution in [2.24, 2.45) is 7.05 Å². The zero-order valence-corrected chi connectivity index (χ0v) is 15.0. The van der Waals surface area contributed by atoms with E-state index in [1.54, 1.807) is 4.68 Å². The summed E-state index contributed by atoms with van der Waals surface area (Å²) in [6.07, 6.45) is 6.48. The van der Waals surface area contributed by atoms with Gasteiger partial charge in [-0.25, -0.2) is 4.79 Å². The van der Waals surface area contributed by atoms with Crippen molar-refractivity contribution in [2.75, 3.05) is 6.54 Å². The quantitative estimate of drug-likeness (QED) is 0.567. The van der Waals surface area contributed by atoms with Gasteiger partial charge in [-0.2, -0.15) is 5.10 Å². The molecular weight excluding hydrogens is 332 g/mol. The van der Waals surface area contributed by atoms with Crippen LogP contribution in [0.4, 0.5) is 4.79 Å². The molecule has 3 N–H and O–H groups in total. The van der Waals surface area contributed by atoms with Gasteiger partial charge >= 0.3 is 12.0 Å². The number of aromatic nitrogens is 2. The van der Waals surface area contributed by atoms with Gasteiger partial charge in [0, 0.05) is 32.3 Å². The molecule has 0 bridgehead atoms. The van der Waals surface area contributed by atoms with Crippen LogP contribution in [0.3, 0.4) is 0 Å². The summed E-state index contributed by atoms with van der Waals surface area (Å²) < 4.78 is 1.76. The Morgan fingerprint density at radius 1 is 1.23 bits per heavy atom. The predicted molar refractivity (Wildman–Crippen MR) is 98.9 cm³/mol. The first-order chi connectivity index (χ1) is 12.5. The lowest BCUT2D eigenvalue weighted by molar-refractivity contribution is -0.137. The third kappa shape index (κ3) is 7.38. The van der Waals surface area contributed by atoms with E-state index in [1.165, 1.54) is 0 Å². The van der Waals surface area contributed by atoms with E-state index in [0.717, 1.165) is 24.0 Å². The van der Waals surface area contributed by atoms with E-state index in [1.807, 2.05) is 49.8 Å². The average Bonchev–Trinajstić information content (AvgIpc) is 3.03. The molecular formula is C19H26N4O3. The molecule has 1 heterocycles. The van der Waals surface area contributed by atoms with Crippen molar-refractivity contribution in [1.82, 2.24) is 20.4 Å². The SMILES string of the molecule is Cn1cc(CCCNC(=O)NC(CCC(=O)O)Cc2ccccc2)cn1. The van der Waals surface area contributed by atoms with Crippen molar-refractivity contribution >= 4 is 12.0 Å². The van der Waals surface area contributed by atoms with Crippen LogP contribution in [-0.2, 0) is 24.7 Å². The minimum absolute atomic E-state index is 0.0266. The maximum atomic E-state index is 12.1. The van der Waals surface area contributed by atoms with Gasteiger partial charge in [0.25, 0.3) is 0 Å². The fraction of sp³-hybridized carbons (Fsp3) is 0.421. The summed E-state index contributed by atoms with van der Waals surface area (Å²) in [4.78, 5) is 23.0. The van der Waals surface area contributed by atoms with E-state index in [-0.39, 0.29) is 18.5 Å². The summed E-state index contributed by atoms with van der Waals surface area (Å²) in [6, 6.07) is 9.26. The van der Waals surface area contributed by atoms with Gasteiger partial charge in [0.1, 0.15) is 0 Å². The number of carboxylic acid groups (broad SMARTS) is 1. The van der Waals surface area contributed by atoms with Gasteiger partial charge < -0.3 is 15.7 Å². The molecule has 1 aromatic heterocycles. The van der Waals surface area contributed by atoms with Crippen molar-refractivity contribution in [3.05, 3.63) is 53.9 Å². The molecule has 1 aromatic carbocycles. The smallest absolute Gasteiger partial charge is 0.315 e. The molecule has 26 heavy (non-hydrogen) atoms. The molecule has 1 atom stereocenters. The highest BCUT2D eigenvalue weighted by molar-refractivity contribution is 5.74. The number of amides is 2. The van der Waals surface area contributed by atoms with Crippen molar-refractivity contribution in [2.45, 2.75) is 38.1 Å². The predicted octanol–water partition coefficient (Wildman–Crippen LogP) is 2.13. The molecule has 2 rings (SSSR count). The zero-order valence-electron chi connectivity index (χ0n) is 15.0. The average molecular weight is 358 g/mol. The fourth-order valence-corrected chi connectivity index (χ4v) is 2.75. The molecule has 7 nitrogen and oxygen atoms in total. The maximum absolute atomic E-state index is 12.1. The Bertz CT molecular complexity index is 700. The molecule has 0 radical (unpaired) electrons. The number of aryl methyl sites for hydroxylation is 2. The molecule has 2 amide bonds. The number of carboxylic acids is 1. The minimum Gasteiger partial charge on any atom is -0.481 e. The number of nitrogens with zero attached hydrogens (tertiary/aromatic N) is 2. The zero-order chi connectivity index (χ0) is 18.8. The second kappa shape index (κ2) is 10.2. The topological polar surface area (TPSA) is 96.2 Å². The van der Waals surface area contributed by atoms with Crippen LogP contribution in [0, 0.1) is 0 Å². The van der Waals surface area contributed by atoms with E-state index in [9.17, 15) is 9.59 Å². The number of urea groups is 1. The molecule has 0 aliphatic rings. The number of carbonyl (C=O) groups excluding carboxylic acids is 1. The van der Waals surface area contributed by atoms with E-state index in [0.29, 0.717) is 19.4 Å². The van der Waals surface area contributed by atoms with Crippen LogP contribution in [0.25, 0.3) is 0 Å². The van der Waals surface area contributed by atoms with Crippen LogP contribution in [-0.4, -0.2) is 39.5 Å². The molecule has 1 unspecified atom stereocenters. The third-order valence-corrected chi connectivity index (χ3v) is 4.05. The largest absolute Gasteiger partial charge is 0.481 e. The maximum Gasteiger partial charge on any atom is 0.315 e. The van der Waals surface area contributed by atoms with Crippen LogP contribution in [0.15, 0.2) is 42.7 Å². The summed E-state index contributed by atoms with van der Waals surface area (Å²) in [5.41, 5.74) is 2.21. The Morgan fingerprint density at radius 3 is 2.65 bits per heavy atom. The van der Waals surface area contributed by atoms with Gasteiger partial charge in [-0.3, -0.25) is 9.48 Å². The van der Waals surface area contributed by atoms with Gasteiger partial charge in [-0.15, -0.1) is 0 Å². The summed E-state index contributed by atoms with van der Waals surface area (Å²) in [5, 5.41) is 18.8. The molecule has 0 saturated heterocycles. The van der Waals surface area contributed by atoms with Crippen LogP contribution < -0.4 is 10.6 Å². The molecule has 7 heteroatoms. The molecule has 140 valence electrons. The number of hydrogen-bond acceptors (Lipinski definition) is 3. The van der Waals surface area contributed by atoms with Crippen molar-refractivity contribution < 1.29 is 14.7 Å². The number of aliphatic carboxylic acids is 1. The van der Waals surface area contributed by atoms with Gasteiger partial charge in [0.05, 0.1) is 6.20 Å². The fourth-order valence-electron chi connectivity index (χ4n) is 2.75. The Hall–Kier alpha value is -2.83. The van der Waals surface area contributed by atoms with Crippen molar-refractivity contribution in [3.63, 3.8) is 0 Å². The lowest BCUT2D eigenvalue weighted by Crippen LogP contribution is -2.43. The normalized spacial score (nSPS) is 11.7. The van der Waals surface area contributed by atoms with Gasteiger partial charge in [-0.1, -0.05) is 30.3 Å². The van der Waals surface area contributed by atoms with Crippen LogP contribution in [0.5, 0.6) is 0 Å². The lowest BCUT2D eigenvalue weighted by atomic mass is 10.0. The standard InChI is InChI=1S/C19H26N4O3/c1-23-14-16(13-21-23)8-5-11-20-19(26)22-17(9-10-18(24)25)12-15-6-3-2-4-7-15/h2-4,6-7,13-14,17H,5,8-12H2,1H3,(H,24,25)(H2,20,22,26). The number of benzene rings is 1. The van der Waals surface area contributed by atoms with Crippen molar-refractivity contribution in [1.29, 1.82) is 0 Å². The number of hydrogen-bond donors (Lipinski definition) is 3. The molecule has 0 aliphatic heterocycles. The monoisotopic (exact) mass is 358 g/mol. The van der Waals surface area contributed by atoms with Crippen LogP contribution >= 0.6 is 0 Å². The van der Waals surface area contributed by atoms with Crippen LogP contribution in [0.2, 0.25) is 0 Å². The molecule has 0 spiro atoms. The summed E-state index contributed by atoms with van der Waals surface area (Å²) in [7, 11) is 1.87. The van der Waals surface area contributed by atoms with Gasteiger partial charge in [0.15, 0.2) is 0 Å². The first kappa shape index (κ1) is 19.5. The Morgan fingerprint density at radius 2 is 2.00 bits per heavy atom. The highest BCUT2D eigenvalue weighted by Crippen LogP contribution is 2.08. The lowest BCUT2D eigenvalue weighted by Gasteiger charge is -2.18. The molecule has 0 fully saturated rings. The number of rotatable bonds is 10. The van der Waals surface area contributed by atoms with Crippen molar-refractivity contribution in [3.8, 4) is 0 Å². The molecule has 0 saturated carbocycles. The summed E-state index contributed by atoms with van der Waals surface area (Å²) in [6.45, 7) is 0.553. The van der Waals surface area contributed by atoms with E-state index < -0.39 is 5.97 Å². The highest BCUT2D eigenvalue weighted by atomic mass is 16.4. The first-order valence-electron chi connectivity index (χ1n) is 8.80. The second-order valence-corrected chi connectivity index (χ2v) is 6.35. The number of carbonyl (C=O) groups is 2.